The molecule has 0 unspecified atom stereocenters. The van der Waals surface area contributed by atoms with Gasteiger partial charge in [-0.25, -0.2) is 9.97 Å². The molecule has 8 heteroatoms. The fraction of sp³-hybridized carbons (Fsp3) is 0.214. The Bertz CT molecular complexity index is 1430. The highest BCUT2D eigenvalue weighted by Gasteiger charge is 2.13. The Morgan fingerprint density at radius 3 is 2.72 bits per heavy atom. The first-order chi connectivity index (χ1) is 17.4. The number of hydrogen-bond acceptors (Lipinski definition) is 6. The van der Waals surface area contributed by atoms with Crippen molar-refractivity contribution in [1.29, 1.82) is 0 Å². The first-order valence-corrected chi connectivity index (χ1v) is 11.7. The number of nitrogens with one attached hydrogen (secondary N) is 2. The van der Waals surface area contributed by atoms with Gasteiger partial charge in [0, 0.05) is 67.8 Å². The maximum atomic E-state index is 12.3. The van der Waals surface area contributed by atoms with Crippen LogP contribution in [0.4, 0.5) is 23.0 Å². The quantitative estimate of drug-likeness (QED) is 0.268. The number of nitrogens with zero attached hydrogens (tertiary/aromatic N) is 5. The van der Waals surface area contributed by atoms with Crippen LogP contribution in [0, 0.1) is 0 Å². The molecule has 8 nitrogen and oxygen atoms in total. The predicted octanol–water partition coefficient (Wildman–Crippen LogP) is 4.66. The summed E-state index contributed by atoms with van der Waals surface area (Å²) < 4.78 is 2.10. The molecular formula is C28H31N7O. The minimum absolute atomic E-state index is 0.293. The van der Waals surface area contributed by atoms with Crippen LogP contribution in [0.3, 0.4) is 0 Å². The van der Waals surface area contributed by atoms with E-state index in [1.165, 1.54) is 6.08 Å². The van der Waals surface area contributed by atoms with Crippen LogP contribution >= 0.6 is 0 Å². The molecule has 0 atom stereocenters. The molecule has 2 heterocycles. The Balaban J connectivity index is 1.63. The van der Waals surface area contributed by atoms with E-state index in [1.54, 1.807) is 6.20 Å². The molecule has 36 heavy (non-hydrogen) atoms. The first-order valence-electron chi connectivity index (χ1n) is 11.7. The number of aryl methyl sites for hydroxylation is 1. The number of aromatic nitrogens is 3. The molecule has 2 aromatic carbocycles. The second-order valence-corrected chi connectivity index (χ2v) is 8.86. The molecule has 2 N–H and O–H groups in total. The number of para-hydroxylation sites is 1. The zero-order valence-electron chi connectivity index (χ0n) is 21.1. The highest BCUT2D eigenvalue weighted by atomic mass is 16.1. The highest BCUT2D eigenvalue weighted by molar-refractivity contribution is 6.02. The molecule has 0 spiro atoms. The number of carbonyl (C=O) groups excluding carboxylic acids is 1. The molecule has 1 amide bonds. The van der Waals surface area contributed by atoms with E-state index in [9.17, 15) is 4.79 Å². The Morgan fingerprint density at radius 2 is 1.94 bits per heavy atom. The van der Waals surface area contributed by atoms with Gasteiger partial charge in [-0.1, -0.05) is 24.8 Å². The van der Waals surface area contributed by atoms with Crippen molar-refractivity contribution in [1.82, 2.24) is 19.4 Å². The van der Waals surface area contributed by atoms with Crippen LogP contribution < -0.4 is 15.5 Å². The molecule has 4 aromatic rings. The molecule has 0 radical (unpaired) electrons. The number of amides is 1. The lowest BCUT2D eigenvalue weighted by atomic mass is 10.1. The van der Waals surface area contributed by atoms with Gasteiger partial charge in [0.15, 0.2) is 0 Å². The predicted molar refractivity (Wildman–Crippen MR) is 148 cm³/mol. The van der Waals surface area contributed by atoms with Crippen molar-refractivity contribution in [3.63, 3.8) is 0 Å². The van der Waals surface area contributed by atoms with Gasteiger partial charge in [0.05, 0.1) is 17.1 Å². The second kappa shape index (κ2) is 10.9. The molecule has 0 aliphatic rings. The van der Waals surface area contributed by atoms with Crippen LogP contribution in [0.15, 0.2) is 79.3 Å². The van der Waals surface area contributed by atoms with E-state index in [1.807, 2.05) is 64.6 Å². The van der Waals surface area contributed by atoms with Gasteiger partial charge in [0.2, 0.25) is 5.95 Å². The Kier molecular flexibility index (Phi) is 7.49. The number of hydrogen-bond donors (Lipinski definition) is 2. The molecular weight excluding hydrogens is 450 g/mol. The number of anilines is 4. The minimum Gasteiger partial charge on any atom is -0.372 e. The van der Waals surface area contributed by atoms with Crippen LogP contribution in [-0.4, -0.2) is 59.6 Å². The summed E-state index contributed by atoms with van der Waals surface area (Å²) in [4.78, 5) is 25.7. The van der Waals surface area contributed by atoms with Gasteiger partial charge in [0.25, 0.3) is 5.91 Å². The summed E-state index contributed by atoms with van der Waals surface area (Å²) >= 11 is 0. The van der Waals surface area contributed by atoms with Gasteiger partial charge in [-0.15, -0.1) is 5.73 Å². The zero-order chi connectivity index (χ0) is 25.7. The van der Waals surface area contributed by atoms with Crippen molar-refractivity contribution in [2.45, 2.75) is 0 Å². The third-order valence-corrected chi connectivity index (χ3v) is 5.87. The van der Waals surface area contributed by atoms with Gasteiger partial charge in [0.1, 0.15) is 0 Å². The zero-order valence-corrected chi connectivity index (χ0v) is 21.1. The van der Waals surface area contributed by atoms with Gasteiger partial charge < -0.3 is 25.0 Å². The van der Waals surface area contributed by atoms with Crippen molar-refractivity contribution in [2.24, 2.45) is 7.05 Å². The smallest absolute Gasteiger partial charge is 0.256 e. The lowest BCUT2D eigenvalue weighted by Gasteiger charge is -2.24. The largest absolute Gasteiger partial charge is 0.372 e. The van der Waals surface area contributed by atoms with E-state index in [4.69, 9.17) is 4.98 Å². The van der Waals surface area contributed by atoms with Gasteiger partial charge in [-0.05, 0) is 44.4 Å². The van der Waals surface area contributed by atoms with Crippen LogP contribution in [-0.2, 0) is 11.8 Å². The number of fused-ring (bicyclic) bond motifs is 1. The SMILES string of the molecule is C=C=CC(=O)Nc1cc(Nc2nccc(-c3cn(C)c4ccccc34)n2)ccc1N(C)CCN(C)C. The van der Waals surface area contributed by atoms with E-state index in [0.717, 1.165) is 46.6 Å². The monoisotopic (exact) mass is 481 g/mol. The van der Waals surface area contributed by atoms with E-state index in [2.05, 4.69) is 60.6 Å². The minimum atomic E-state index is -0.293. The lowest BCUT2D eigenvalue weighted by Crippen LogP contribution is -2.29. The molecule has 2 aromatic heterocycles. The number of benzene rings is 2. The Morgan fingerprint density at radius 1 is 1.14 bits per heavy atom. The Labute approximate surface area is 211 Å². The van der Waals surface area contributed by atoms with E-state index in [-0.39, 0.29) is 5.91 Å². The van der Waals surface area contributed by atoms with E-state index < -0.39 is 0 Å². The van der Waals surface area contributed by atoms with Crippen LogP contribution in [0.1, 0.15) is 0 Å². The lowest BCUT2D eigenvalue weighted by molar-refractivity contribution is -0.111. The summed E-state index contributed by atoms with van der Waals surface area (Å²) in [5, 5.41) is 7.35. The van der Waals surface area contributed by atoms with Crippen molar-refractivity contribution < 1.29 is 4.79 Å². The summed E-state index contributed by atoms with van der Waals surface area (Å²) in [6.45, 7) is 5.17. The van der Waals surface area contributed by atoms with Crippen molar-refractivity contribution in [3.8, 4) is 11.3 Å². The standard InChI is InChI=1S/C28H31N7O/c1-6-9-27(36)31-24-18-20(12-13-26(24)34(4)17-16-33(2)3)30-28-29-15-14-23(32-28)22-19-35(5)25-11-8-7-10-21(22)25/h7-15,18-19H,1,16-17H2,2-5H3,(H,31,36)(H,29,30,32). The summed E-state index contributed by atoms with van der Waals surface area (Å²) in [6.07, 6.45) is 5.10. The molecule has 0 saturated heterocycles. The number of carbonyl (C=O) groups is 1. The molecule has 0 aliphatic carbocycles. The molecule has 184 valence electrons. The van der Waals surface area contributed by atoms with Crippen LogP contribution in [0.25, 0.3) is 22.2 Å². The van der Waals surface area contributed by atoms with E-state index in [0.29, 0.717) is 11.6 Å². The van der Waals surface area contributed by atoms with Crippen molar-refractivity contribution in [2.75, 3.05) is 49.8 Å². The summed E-state index contributed by atoms with van der Waals surface area (Å²) in [5.74, 6) is 0.177. The molecule has 0 saturated carbocycles. The van der Waals surface area contributed by atoms with Gasteiger partial charge in [-0.3, -0.25) is 4.79 Å². The second-order valence-electron chi connectivity index (χ2n) is 8.86. The maximum absolute atomic E-state index is 12.3. The number of rotatable bonds is 9. The highest BCUT2D eigenvalue weighted by Crippen LogP contribution is 2.31. The van der Waals surface area contributed by atoms with Crippen molar-refractivity contribution >= 4 is 39.8 Å². The van der Waals surface area contributed by atoms with E-state index >= 15 is 0 Å². The average molecular weight is 482 g/mol. The maximum Gasteiger partial charge on any atom is 0.256 e. The van der Waals surface area contributed by atoms with Crippen LogP contribution in [0.2, 0.25) is 0 Å². The average Bonchev–Trinajstić information content (AvgIpc) is 3.20. The van der Waals surface area contributed by atoms with Gasteiger partial charge >= 0.3 is 0 Å². The fourth-order valence-corrected chi connectivity index (χ4v) is 4.02. The molecule has 0 fully saturated rings. The molecule has 0 aliphatic heterocycles. The summed E-state index contributed by atoms with van der Waals surface area (Å²) in [7, 11) is 8.10. The number of likely N-dealkylation sites (N-methyl/N-ethyl adjacent to an activating group) is 2. The molecule has 4 rings (SSSR count). The Hall–Kier alpha value is -4.39. The third kappa shape index (κ3) is 5.63. The van der Waals surface area contributed by atoms with Crippen molar-refractivity contribution in [3.05, 3.63) is 79.3 Å². The third-order valence-electron chi connectivity index (χ3n) is 5.87. The van der Waals surface area contributed by atoms with Gasteiger partial charge in [-0.2, -0.15) is 0 Å². The topological polar surface area (TPSA) is 78.3 Å². The molecule has 0 bridgehead atoms. The summed E-state index contributed by atoms with van der Waals surface area (Å²) in [5.41, 5.74) is 7.86. The van der Waals surface area contributed by atoms with Crippen LogP contribution in [0.5, 0.6) is 0 Å². The first kappa shape index (κ1) is 24.7. The normalized spacial score (nSPS) is 10.8. The summed E-state index contributed by atoms with van der Waals surface area (Å²) in [6, 6.07) is 16.0. The fourth-order valence-electron chi connectivity index (χ4n) is 4.02.